The molecule has 0 fully saturated rings. The molecule has 0 amide bonds. The molecule has 2 heterocycles. The lowest BCUT2D eigenvalue weighted by Crippen LogP contribution is -2.11. The van der Waals surface area contributed by atoms with Gasteiger partial charge in [-0.25, -0.2) is 4.98 Å². The molecule has 4 heteroatoms. The van der Waals surface area contributed by atoms with Gasteiger partial charge in [0.05, 0.1) is 24.1 Å². The molecule has 3 rings (SSSR count). The van der Waals surface area contributed by atoms with E-state index >= 15 is 0 Å². The summed E-state index contributed by atoms with van der Waals surface area (Å²) < 4.78 is 0. The third kappa shape index (κ3) is 2.40. The Morgan fingerprint density at radius 2 is 2.00 bits per heavy atom. The molecular weight excluding hydrogens is 274 g/mol. The second-order valence-corrected chi connectivity index (χ2v) is 5.99. The lowest BCUT2D eigenvalue weighted by atomic mass is 9.82. The molecule has 2 N–H and O–H groups in total. The van der Waals surface area contributed by atoms with Gasteiger partial charge in [-0.15, -0.1) is 0 Å². The fraction of sp³-hybridized carbons (Fsp3) is 0.333. The van der Waals surface area contributed by atoms with Crippen LogP contribution in [0.15, 0.2) is 36.8 Å². The summed E-state index contributed by atoms with van der Waals surface area (Å²) in [5.74, 6) is 0.643. The van der Waals surface area contributed by atoms with Crippen LogP contribution in [0, 0.1) is 12.8 Å². The zero-order valence-electron chi connectivity index (χ0n) is 13.2. The minimum atomic E-state index is 0.00320. The average Bonchev–Trinajstić information content (AvgIpc) is 2.93. The van der Waals surface area contributed by atoms with E-state index in [1.165, 1.54) is 5.56 Å². The van der Waals surface area contributed by atoms with Crippen LogP contribution in [-0.2, 0) is 6.61 Å². The van der Waals surface area contributed by atoms with Gasteiger partial charge in [0.1, 0.15) is 0 Å². The molecular formula is C18H21N3O. The van der Waals surface area contributed by atoms with Crippen LogP contribution in [0.1, 0.15) is 42.3 Å². The highest BCUT2D eigenvalue weighted by molar-refractivity contribution is 5.86. The molecule has 0 aliphatic heterocycles. The number of nitrogens with zero attached hydrogens (tertiary/aromatic N) is 2. The van der Waals surface area contributed by atoms with Gasteiger partial charge >= 0.3 is 0 Å². The fourth-order valence-electron chi connectivity index (χ4n) is 3.19. The van der Waals surface area contributed by atoms with Crippen molar-refractivity contribution in [2.75, 3.05) is 0 Å². The number of H-pyrrole nitrogens is 1. The lowest BCUT2D eigenvalue weighted by molar-refractivity contribution is 0.283. The van der Waals surface area contributed by atoms with Crippen LogP contribution in [0.2, 0.25) is 0 Å². The second kappa shape index (κ2) is 5.89. The van der Waals surface area contributed by atoms with Crippen molar-refractivity contribution in [3.05, 3.63) is 59.3 Å². The van der Waals surface area contributed by atoms with Gasteiger partial charge in [-0.2, -0.15) is 0 Å². The number of aromatic amines is 1. The van der Waals surface area contributed by atoms with E-state index in [1.54, 1.807) is 12.5 Å². The summed E-state index contributed by atoms with van der Waals surface area (Å²) >= 11 is 0. The van der Waals surface area contributed by atoms with Crippen LogP contribution in [-0.4, -0.2) is 20.1 Å². The van der Waals surface area contributed by atoms with Crippen molar-refractivity contribution < 1.29 is 5.11 Å². The van der Waals surface area contributed by atoms with E-state index in [-0.39, 0.29) is 12.5 Å². The molecule has 0 saturated heterocycles. The molecule has 114 valence electrons. The van der Waals surface area contributed by atoms with E-state index in [2.05, 4.69) is 40.9 Å². The van der Waals surface area contributed by atoms with E-state index in [0.717, 1.165) is 27.9 Å². The summed E-state index contributed by atoms with van der Waals surface area (Å²) in [6.45, 7) is 6.47. The summed E-state index contributed by atoms with van der Waals surface area (Å²) in [6.07, 6.45) is 3.53. The number of benzene rings is 1. The Bertz CT molecular complexity index is 792. The maximum atomic E-state index is 9.55. The third-order valence-electron chi connectivity index (χ3n) is 4.24. The van der Waals surface area contributed by atoms with Gasteiger partial charge in [0.2, 0.25) is 0 Å². The molecule has 0 radical (unpaired) electrons. The van der Waals surface area contributed by atoms with Crippen molar-refractivity contribution >= 4 is 10.9 Å². The highest BCUT2D eigenvalue weighted by atomic mass is 16.3. The van der Waals surface area contributed by atoms with Gasteiger partial charge in [-0.1, -0.05) is 32.0 Å². The molecule has 1 unspecified atom stereocenters. The first kappa shape index (κ1) is 14.7. The Kier molecular flexibility index (Phi) is 3.94. The molecule has 1 aromatic carbocycles. The predicted octanol–water partition coefficient (Wildman–Crippen LogP) is 3.55. The van der Waals surface area contributed by atoms with E-state index < -0.39 is 0 Å². The van der Waals surface area contributed by atoms with Gasteiger partial charge in [-0.3, -0.25) is 4.98 Å². The summed E-state index contributed by atoms with van der Waals surface area (Å²) in [7, 11) is 0. The van der Waals surface area contributed by atoms with E-state index in [1.807, 2.05) is 19.1 Å². The quantitative estimate of drug-likeness (QED) is 0.774. The number of hydrogen-bond acceptors (Lipinski definition) is 3. The van der Waals surface area contributed by atoms with Gasteiger partial charge < -0.3 is 10.1 Å². The monoisotopic (exact) mass is 295 g/mol. The van der Waals surface area contributed by atoms with Crippen molar-refractivity contribution in [3.63, 3.8) is 0 Å². The third-order valence-corrected chi connectivity index (χ3v) is 4.24. The van der Waals surface area contributed by atoms with Crippen LogP contribution in [0.25, 0.3) is 10.9 Å². The minimum Gasteiger partial charge on any atom is -0.392 e. The molecule has 2 aromatic heterocycles. The van der Waals surface area contributed by atoms with Gasteiger partial charge in [0, 0.05) is 28.8 Å². The molecule has 0 aliphatic carbocycles. The van der Waals surface area contributed by atoms with Crippen LogP contribution < -0.4 is 0 Å². The number of fused-ring (bicyclic) bond motifs is 1. The smallest absolute Gasteiger partial charge is 0.0925 e. The number of rotatable bonds is 4. The molecule has 0 aliphatic rings. The molecule has 0 bridgehead atoms. The average molecular weight is 295 g/mol. The van der Waals surface area contributed by atoms with Crippen LogP contribution in [0.5, 0.6) is 0 Å². The molecule has 3 aromatic rings. The highest BCUT2D eigenvalue weighted by Crippen LogP contribution is 2.36. The Labute approximate surface area is 130 Å². The number of hydrogen-bond donors (Lipinski definition) is 2. The minimum absolute atomic E-state index is 0.00320. The second-order valence-electron chi connectivity index (χ2n) is 5.99. The molecule has 4 nitrogen and oxygen atoms in total. The summed E-state index contributed by atoms with van der Waals surface area (Å²) in [5.41, 5.74) is 5.15. The first-order valence-corrected chi connectivity index (χ1v) is 7.60. The SMILES string of the molecule is Cc1nc[nH]c1C(c1ccc(CO)c2ncccc12)C(C)C. The normalized spacial score (nSPS) is 13.0. The van der Waals surface area contributed by atoms with Crippen LogP contribution >= 0.6 is 0 Å². The Morgan fingerprint density at radius 1 is 1.18 bits per heavy atom. The molecule has 22 heavy (non-hydrogen) atoms. The van der Waals surface area contributed by atoms with Crippen molar-refractivity contribution in [3.8, 4) is 0 Å². The summed E-state index contributed by atoms with van der Waals surface area (Å²) in [6, 6.07) is 8.12. The standard InChI is InChI=1S/C18H21N3O/c1-11(2)16(17-12(3)20-10-21-17)14-7-6-13(9-22)18-15(14)5-4-8-19-18/h4-8,10-11,16,22H,9H2,1-3H3,(H,20,21). The van der Waals surface area contributed by atoms with Crippen molar-refractivity contribution in [2.45, 2.75) is 33.3 Å². The number of pyridine rings is 1. The van der Waals surface area contributed by atoms with Gasteiger partial charge in [0.25, 0.3) is 0 Å². The molecule has 0 saturated carbocycles. The number of aromatic nitrogens is 3. The first-order valence-electron chi connectivity index (χ1n) is 7.60. The van der Waals surface area contributed by atoms with Crippen molar-refractivity contribution in [1.82, 2.24) is 15.0 Å². The topological polar surface area (TPSA) is 61.8 Å². The number of aliphatic hydroxyl groups is 1. The first-order chi connectivity index (χ1) is 10.6. The van der Waals surface area contributed by atoms with Crippen LogP contribution in [0.3, 0.4) is 0 Å². The summed E-state index contributed by atoms with van der Waals surface area (Å²) in [5, 5.41) is 10.6. The zero-order valence-corrected chi connectivity index (χ0v) is 13.2. The highest BCUT2D eigenvalue weighted by Gasteiger charge is 2.24. The van der Waals surface area contributed by atoms with Gasteiger partial charge in [0.15, 0.2) is 0 Å². The maximum absolute atomic E-state index is 9.55. The Balaban J connectivity index is 2.26. The number of imidazole rings is 1. The van der Waals surface area contributed by atoms with Crippen LogP contribution in [0.4, 0.5) is 0 Å². The molecule has 0 spiro atoms. The Hall–Kier alpha value is -2.20. The number of aliphatic hydroxyl groups excluding tert-OH is 1. The largest absolute Gasteiger partial charge is 0.392 e. The van der Waals surface area contributed by atoms with Gasteiger partial charge in [-0.05, 0) is 24.5 Å². The lowest BCUT2D eigenvalue weighted by Gasteiger charge is -2.23. The zero-order chi connectivity index (χ0) is 15.7. The Morgan fingerprint density at radius 3 is 2.64 bits per heavy atom. The predicted molar refractivity (Wildman–Crippen MR) is 87.7 cm³/mol. The molecule has 1 atom stereocenters. The van der Waals surface area contributed by atoms with E-state index in [4.69, 9.17) is 0 Å². The maximum Gasteiger partial charge on any atom is 0.0925 e. The number of aryl methyl sites for hydroxylation is 1. The van der Waals surface area contributed by atoms with Crippen molar-refractivity contribution in [2.24, 2.45) is 5.92 Å². The fourth-order valence-corrected chi connectivity index (χ4v) is 3.19. The summed E-state index contributed by atoms with van der Waals surface area (Å²) in [4.78, 5) is 12.1. The van der Waals surface area contributed by atoms with E-state index in [0.29, 0.717) is 5.92 Å². The van der Waals surface area contributed by atoms with Crippen molar-refractivity contribution in [1.29, 1.82) is 0 Å². The number of nitrogens with one attached hydrogen (secondary N) is 1. The van der Waals surface area contributed by atoms with E-state index in [9.17, 15) is 5.11 Å².